The van der Waals surface area contributed by atoms with Crippen LogP contribution in [0.25, 0.3) is 0 Å². The van der Waals surface area contributed by atoms with Crippen molar-refractivity contribution in [2.45, 2.75) is 25.5 Å². The molecule has 1 saturated carbocycles. The molecule has 1 unspecified atom stereocenters. The quantitative estimate of drug-likeness (QED) is 0.772. The average Bonchev–Trinajstić information content (AvgIpc) is 3.22. The molecule has 18 heavy (non-hydrogen) atoms. The third kappa shape index (κ3) is 3.37. The number of hydrogen-bond donors (Lipinski definition) is 2. The summed E-state index contributed by atoms with van der Waals surface area (Å²) in [4.78, 5) is 0. The van der Waals surface area contributed by atoms with Crippen molar-refractivity contribution in [3.63, 3.8) is 0 Å². The minimum Gasteiger partial charge on any atom is -0.497 e. The van der Waals surface area contributed by atoms with Gasteiger partial charge in [0, 0.05) is 18.7 Å². The largest absolute Gasteiger partial charge is 0.497 e. The lowest BCUT2D eigenvalue weighted by Crippen LogP contribution is -2.27. The van der Waals surface area contributed by atoms with Gasteiger partial charge in [0.1, 0.15) is 11.5 Å². The van der Waals surface area contributed by atoms with Crippen LogP contribution in [-0.4, -0.2) is 32.0 Å². The molecule has 0 amide bonds. The van der Waals surface area contributed by atoms with E-state index in [2.05, 4.69) is 5.32 Å². The smallest absolute Gasteiger partial charge is 0.123 e. The standard InChI is InChI=1S/C14H21NO3/c1-17-12-5-6-14(18-2)11(7-12)8-15-9-13(16)10-3-4-10/h5-7,10,13,15-16H,3-4,8-9H2,1-2H3. The van der Waals surface area contributed by atoms with E-state index in [-0.39, 0.29) is 6.10 Å². The van der Waals surface area contributed by atoms with E-state index in [1.807, 2.05) is 18.2 Å². The van der Waals surface area contributed by atoms with Crippen LogP contribution in [0, 0.1) is 5.92 Å². The topological polar surface area (TPSA) is 50.7 Å². The van der Waals surface area contributed by atoms with Gasteiger partial charge < -0.3 is 19.9 Å². The summed E-state index contributed by atoms with van der Waals surface area (Å²) in [6, 6.07) is 5.73. The van der Waals surface area contributed by atoms with Crippen molar-refractivity contribution in [1.82, 2.24) is 5.32 Å². The highest BCUT2D eigenvalue weighted by molar-refractivity contribution is 5.40. The summed E-state index contributed by atoms with van der Waals surface area (Å²) in [5.74, 6) is 2.16. The van der Waals surface area contributed by atoms with Gasteiger partial charge in [-0.2, -0.15) is 0 Å². The predicted molar refractivity (Wildman–Crippen MR) is 70.0 cm³/mol. The molecule has 0 aromatic heterocycles. The fraction of sp³-hybridized carbons (Fsp3) is 0.571. The predicted octanol–water partition coefficient (Wildman–Crippen LogP) is 1.56. The van der Waals surface area contributed by atoms with Gasteiger partial charge in [0.05, 0.1) is 20.3 Å². The van der Waals surface area contributed by atoms with Crippen LogP contribution in [0.15, 0.2) is 18.2 Å². The van der Waals surface area contributed by atoms with E-state index in [9.17, 15) is 5.11 Å². The lowest BCUT2D eigenvalue weighted by molar-refractivity contribution is 0.148. The Morgan fingerprint density at radius 2 is 2.11 bits per heavy atom. The highest BCUT2D eigenvalue weighted by Gasteiger charge is 2.29. The molecule has 1 aromatic carbocycles. The van der Waals surface area contributed by atoms with E-state index in [4.69, 9.17) is 9.47 Å². The van der Waals surface area contributed by atoms with Crippen LogP contribution in [0.4, 0.5) is 0 Å². The number of ether oxygens (including phenoxy) is 2. The minimum atomic E-state index is -0.221. The van der Waals surface area contributed by atoms with Crippen molar-refractivity contribution in [2.24, 2.45) is 5.92 Å². The van der Waals surface area contributed by atoms with Crippen LogP contribution < -0.4 is 14.8 Å². The molecule has 1 fully saturated rings. The minimum absolute atomic E-state index is 0.221. The molecule has 4 heteroatoms. The first kappa shape index (κ1) is 13.2. The van der Waals surface area contributed by atoms with Gasteiger partial charge in [-0.25, -0.2) is 0 Å². The van der Waals surface area contributed by atoms with E-state index in [0.29, 0.717) is 19.0 Å². The molecule has 0 heterocycles. The molecule has 0 radical (unpaired) electrons. The van der Waals surface area contributed by atoms with Gasteiger partial charge in [-0.1, -0.05) is 0 Å². The summed E-state index contributed by atoms with van der Waals surface area (Å²) < 4.78 is 10.5. The maximum Gasteiger partial charge on any atom is 0.123 e. The SMILES string of the molecule is COc1ccc(OC)c(CNCC(O)C2CC2)c1. The Morgan fingerprint density at radius 3 is 2.72 bits per heavy atom. The van der Waals surface area contributed by atoms with E-state index >= 15 is 0 Å². The van der Waals surface area contributed by atoms with E-state index in [1.54, 1.807) is 14.2 Å². The molecular weight excluding hydrogens is 230 g/mol. The van der Waals surface area contributed by atoms with Crippen LogP contribution in [0.5, 0.6) is 11.5 Å². The Bertz CT molecular complexity index is 391. The molecule has 1 atom stereocenters. The number of hydrogen-bond acceptors (Lipinski definition) is 4. The first-order chi connectivity index (χ1) is 8.74. The highest BCUT2D eigenvalue weighted by Crippen LogP contribution is 2.32. The van der Waals surface area contributed by atoms with Gasteiger partial charge in [-0.05, 0) is 37.0 Å². The number of nitrogens with one attached hydrogen (secondary N) is 1. The fourth-order valence-corrected chi connectivity index (χ4v) is 2.02. The second-order valence-corrected chi connectivity index (χ2v) is 4.71. The summed E-state index contributed by atoms with van der Waals surface area (Å²) in [6.45, 7) is 1.30. The van der Waals surface area contributed by atoms with Crippen molar-refractivity contribution >= 4 is 0 Å². The number of methoxy groups -OCH3 is 2. The van der Waals surface area contributed by atoms with Gasteiger partial charge in [0.2, 0.25) is 0 Å². The lowest BCUT2D eigenvalue weighted by Gasteiger charge is -2.13. The Hall–Kier alpha value is -1.26. The first-order valence-electron chi connectivity index (χ1n) is 6.34. The van der Waals surface area contributed by atoms with Gasteiger partial charge in [-0.15, -0.1) is 0 Å². The van der Waals surface area contributed by atoms with Gasteiger partial charge >= 0.3 is 0 Å². The van der Waals surface area contributed by atoms with Gasteiger partial charge in [0.25, 0.3) is 0 Å². The number of aliphatic hydroxyl groups excluding tert-OH is 1. The zero-order chi connectivity index (χ0) is 13.0. The maximum absolute atomic E-state index is 9.78. The fourth-order valence-electron chi connectivity index (χ4n) is 2.02. The molecule has 1 aliphatic carbocycles. The molecule has 0 aliphatic heterocycles. The summed E-state index contributed by atoms with van der Waals surface area (Å²) in [6.07, 6.45) is 2.10. The monoisotopic (exact) mass is 251 g/mol. The van der Waals surface area contributed by atoms with Crippen LogP contribution in [0.3, 0.4) is 0 Å². The van der Waals surface area contributed by atoms with Crippen LogP contribution >= 0.6 is 0 Å². The Labute approximate surface area is 108 Å². The second-order valence-electron chi connectivity index (χ2n) is 4.71. The molecule has 100 valence electrons. The Kier molecular flexibility index (Phi) is 4.44. The molecule has 2 N–H and O–H groups in total. The van der Waals surface area contributed by atoms with Crippen LogP contribution in [-0.2, 0) is 6.54 Å². The molecule has 1 aliphatic rings. The van der Waals surface area contributed by atoms with E-state index < -0.39 is 0 Å². The number of rotatable bonds is 7. The van der Waals surface area contributed by atoms with E-state index in [1.165, 1.54) is 0 Å². The zero-order valence-corrected chi connectivity index (χ0v) is 11.0. The van der Waals surface area contributed by atoms with E-state index in [0.717, 1.165) is 29.9 Å². The molecule has 4 nitrogen and oxygen atoms in total. The maximum atomic E-state index is 9.78. The first-order valence-corrected chi connectivity index (χ1v) is 6.34. The summed E-state index contributed by atoms with van der Waals surface area (Å²) in [5, 5.41) is 13.0. The lowest BCUT2D eigenvalue weighted by atomic mass is 10.1. The molecule has 2 rings (SSSR count). The Balaban J connectivity index is 1.89. The second kappa shape index (κ2) is 6.07. The molecule has 1 aromatic rings. The number of benzene rings is 1. The molecular formula is C14H21NO3. The van der Waals surface area contributed by atoms with Crippen LogP contribution in [0.1, 0.15) is 18.4 Å². The summed E-state index contributed by atoms with van der Waals surface area (Å²) in [5.41, 5.74) is 1.04. The van der Waals surface area contributed by atoms with Crippen molar-refractivity contribution < 1.29 is 14.6 Å². The highest BCUT2D eigenvalue weighted by atomic mass is 16.5. The third-order valence-electron chi connectivity index (χ3n) is 3.32. The van der Waals surface area contributed by atoms with Crippen LogP contribution in [0.2, 0.25) is 0 Å². The normalized spacial score (nSPS) is 16.4. The third-order valence-corrected chi connectivity index (χ3v) is 3.32. The summed E-state index contributed by atoms with van der Waals surface area (Å²) >= 11 is 0. The van der Waals surface area contributed by atoms with Gasteiger partial charge in [0.15, 0.2) is 0 Å². The van der Waals surface area contributed by atoms with Crippen molar-refractivity contribution in [2.75, 3.05) is 20.8 Å². The van der Waals surface area contributed by atoms with Crippen molar-refractivity contribution in [3.05, 3.63) is 23.8 Å². The van der Waals surface area contributed by atoms with Gasteiger partial charge in [-0.3, -0.25) is 0 Å². The molecule has 0 saturated heterocycles. The Morgan fingerprint density at radius 1 is 1.33 bits per heavy atom. The zero-order valence-electron chi connectivity index (χ0n) is 11.0. The van der Waals surface area contributed by atoms with Crippen molar-refractivity contribution in [3.8, 4) is 11.5 Å². The number of aliphatic hydroxyl groups is 1. The summed E-state index contributed by atoms with van der Waals surface area (Å²) in [7, 11) is 3.31. The molecule has 0 bridgehead atoms. The van der Waals surface area contributed by atoms with Crippen molar-refractivity contribution in [1.29, 1.82) is 0 Å². The molecule has 0 spiro atoms. The average molecular weight is 251 g/mol.